The molecule has 0 saturated heterocycles. The minimum atomic E-state index is -0.457. The number of benzene rings is 1. The predicted molar refractivity (Wildman–Crippen MR) is 84.4 cm³/mol. The first kappa shape index (κ1) is 16.3. The molecule has 0 aliphatic carbocycles. The monoisotopic (exact) mass is 315 g/mol. The van der Waals surface area contributed by atoms with E-state index < -0.39 is 11.8 Å². The van der Waals surface area contributed by atoms with Gasteiger partial charge in [0.2, 0.25) is 0 Å². The number of ether oxygens (including phenoxy) is 1. The third-order valence-corrected chi connectivity index (χ3v) is 3.01. The Morgan fingerprint density at radius 3 is 2.57 bits per heavy atom. The molecule has 0 bridgehead atoms. The third kappa shape index (κ3) is 4.70. The largest absolute Gasteiger partial charge is 0.497 e. The lowest BCUT2D eigenvalue weighted by Crippen LogP contribution is -2.35. The van der Waals surface area contributed by atoms with Crippen LogP contribution >= 0.6 is 0 Å². The molecule has 0 radical (unpaired) electrons. The van der Waals surface area contributed by atoms with E-state index in [1.54, 1.807) is 32.2 Å². The van der Waals surface area contributed by atoms with Crippen LogP contribution in [0, 0.1) is 0 Å². The molecule has 2 N–H and O–H groups in total. The van der Waals surface area contributed by atoms with Crippen molar-refractivity contribution in [3.8, 4) is 5.75 Å². The summed E-state index contributed by atoms with van der Waals surface area (Å²) in [5.41, 5.74) is 3.87. The summed E-state index contributed by atoms with van der Waals surface area (Å²) in [5, 5.41) is 6.42. The van der Waals surface area contributed by atoms with Gasteiger partial charge in [-0.1, -0.05) is 0 Å². The molecule has 0 fully saturated rings. The minimum Gasteiger partial charge on any atom is -0.497 e. The fraction of sp³-hybridized carbons (Fsp3) is 0.188. The van der Waals surface area contributed by atoms with Crippen molar-refractivity contribution in [1.82, 2.24) is 10.7 Å². The van der Waals surface area contributed by atoms with Gasteiger partial charge >= 0.3 is 0 Å². The fourth-order valence-electron chi connectivity index (χ4n) is 1.74. The summed E-state index contributed by atoms with van der Waals surface area (Å²) in [4.78, 5) is 23.3. The Morgan fingerprint density at radius 2 is 1.96 bits per heavy atom. The van der Waals surface area contributed by atoms with Crippen LogP contribution < -0.4 is 15.5 Å². The van der Waals surface area contributed by atoms with Crippen LogP contribution in [0.1, 0.15) is 23.0 Å². The zero-order valence-corrected chi connectivity index (χ0v) is 12.8. The highest BCUT2D eigenvalue weighted by atomic mass is 16.5. The molecule has 2 aromatic rings. The van der Waals surface area contributed by atoms with Crippen LogP contribution in [0.25, 0.3) is 0 Å². The van der Waals surface area contributed by atoms with Gasteiger partial charge in [-0.05, 0) is 48.9 Å². The average molecular weight is 315 g/mol. The number of methoxy groups -OCH3 is 1. The quantitative estimate of drug-likeness (QED) is 0.625. The fourth-order valence-corrected chi connectivity index (χ4v) is 1.74. The van der Waals surface area contributed by atoms with E-state index in [9.17, 15) is 9.59 Å². The molecule has 7 heteroatoms. The van der Waals surface area contributed by atoms with Gasteiger partial charge in [0.15, 0.2) is 5.76 Å². The lowest BCUT2D eigenvalue weighted by atomic mass is 10.1. The maximum atomic E-state index is 11.7. The van der Waals surface area contributed by atoms with E-state index in [-0.39, 0.29) is 12.3 Å². The van der Waals surface area contributed by atoms with Crippen molar-refractivity contribution in [3.05, 3.63) is 54.0 Å². The molecule has 23 heavy (non-hydrogen) atoms. The van der Waals surface area contributed by atoms with Crippen LogP contribution in [-0.2, 0) is 4.79 Å². The van der Waals surface area contributed by atoms with Crippen LogP contribution in [0.15, 0.2) is 52.2 Å². The molecule has 0 aliphatic heterocycles. The molecule has 7 nitrogen and oxygen atoms in total. The Kier molecular flexibility index (Phi) is 5.51. The molecule has 2 rings (SSSR count). The lowest BCUT2D eigenvalue weighted by Gasteiger charge is -2.05. The molecule has 1 aromatic heterocycles. The number of amides is 2. The predicted octanol–water partition coefficient (Wildman–Crippen LogP) is 1.56. The molecule has 0 atom stereocenters. The molecule has 120 valence electrons. The first-order valence-electron chi connectivity index (χ1n) is 6.89. The molecule has 2 amide bonds. The van der Waals surface area contributed by atoms with Gasteiger partial charge < -0.3 is 14.5 Å². The van der Waals surface area contributed by atoms with Crippen molar-refractivity contribution in [3.63, 3.8) is 0 Å². The summed E-state index contributed by atoms with van der Waals surface area (Å²) in [5.74, 6) is 0.000660. The second-order valence-electron chi connectivity index (χ2n) is 4.62. The number of carbonyl (C=O) groups is 2. The maximum Gasteiger partial charge on any atom is 0.287 e. The molecule has 1 aromatic carbocycles. The van der Waals surface area contributed by atoms with Crippen LogP contribution in [0.2, 0.25) is 0 Å². The second kappa shape index (κ2) is 7.79. The van der Waals surface area contributed by atoms with E-state index in [1.807, 2.05) is 12.1 Å². The highest BCUT2D eigenvalue weighted by molar-refractivity contribution is 5.99. The van der Waals surface area contributed by atoms with Crippen molar-refractivity contribution in [2.45, 2.75) is 6.92 Å². The highest BCUT2D eigenvalue weighted by Gasteiger charge is 2.09. The Hall–Kier alpha value is -3.09. The number of hydrogen-bond acceptors (Lipinski definition) is 5. The van der Waals surface area contributed by atoms with Gasteiger partial charge in [0, 0.05) is 0 Å². The highest BCUT2D eigenvalue weighted by Crippen LogP contribution is 2.11. The number of nitrogens with one attached hydrogen (secondary N) is 2. The van der Waals surface area contributed by atoms with Gasteiger partial charge in [-0.2, -0.15) is 5.10 Å². The number of nitrogens with zero attached hydrogens (tertiary/aromatic N) is 1. The number of hydrazone groups is 1. The molecule has 0 unspecified atom stereocenters. The normalized spacial score (nSPS) is 11.0. The third-order valence-electron chi connectivity index (χ3n) is 3.01. The van der Waals surface area contributed by atoms with Crippen molar-refractivity contribution in [2.24, 2.45) is 5.10 Å². The van der Waals surface area contributed by atoms with Gasteiger partial charge in [0.1, 0.15) is 5.75 Å². The number of furan rings is 1. The van der Waals surface area contributed by atoms with Crippen molar-refractivity contribution in [2.75, 3.05) is 13.7 Å². The summed E-state index contributed by atoms with van der Waals surface area (Å²) < 4.78 is 10.00. The molecule has 0 saturated carbocycles. The summed E-state index contributed by atoms with van der Waals surface area (Å²) in [7, 11) is 1.59. The van der Waals surface area contributed by atoms with Gasteiger partial charge in [-0.15, -0.1) is 0 Å². The SMILES string of the molecule is COc1ccc(/C(C)=N\NC(=O)CNC(=O)c2ccco2)cc1. The molecule has 1 heterocycles. The number of hydrogen-bond donors (Lipinski definition) is 2. The average Bonchev–Trinajstić information content (AvgIpc) is 3.12. The number of rotatable bonds is 6. The van der Waals surface area contributed by atoms with E-state index in [0.717, 1.165) is 11.3 Å². The van der Waals surface area contributed by atoms with Crippen molar-refractivity contribution < 1.29 is 18.7 Å². The smallest absolute Gasteiger partial charge is 0.287 e. The van der Waals surface area contributed by atoms with E-state index in [0.29, 0.717) is 5.71 Å². The van der Waals surface area contributed by atoms with Crippen LogP contribution in [-0.4, -0.2) is 31.2 Å². The first-order chi connectivity index (χ1) is 11.1. The summed E-state index contributed by atoms with van der Waals surface area (Å²) in [6.45, 7) is 1.57. The summed E-state index contributed by atoms with van der Waals surface area (Å²) >= 11 is 0. The maximum absolute atomic E-state index is 11.7. The lowest BCUT2D eigenvalue weighted by molar-refractivity contribution is -0.120. The standard InChI is InChI=1S/C16H17N3O4/c1-11(12-5-7-13(22-2)8-6-12)18-19-15(20)10-17-16(21)14-4-3-9-23-14/h3-9H,10H2,1-2H3,(H,17,21)(H,19,20)/b18-11-. The Labute approximate surface area is 133 Å². The van der Waals surface area contributed by atoms with Gasteiger partial charge in [0.05, 0.1) is 25.6 Å². The van der Waals surface area contributed by atoms with Gasteiger partial charge in [0.25, 0.3) is 11.8 Å². The second-order valence-corrected chi connectivity index (χ2v) is 4.62. The van der Waals surface area contributed by atoms with Crippen molar-refractivity contribution >= 4 is 17.5 Å². The molecular formula is C16H17N3O4. The Bertz CT molecular complexity index is 691. The topological polar surface area (TPSA) is 92.9 Å². The zero-order chi connectivity index (χ0) is 16.7. The number of carbonyl (C=O) groups excluding carboxylic acids is 2. The van der Waals surface area contributed by atoms with Crippen molar-refractivity contribution in [1.29, 1.82) is 0 Å². The minimum absolute atomic E-state index is 0.149. The molecular weight excluding hydrogens is 298 g/mol. The molecule has 0 aliphatic rings. The first-order valence-corrected chi connectivity index (χ1v) is 6.89. The van der Waals surface area contributed by atoms with Crippen LogP contribution in [0.5, 0.6) is 5.75 Å². The van der Waals surface area contributed by atoms with Crippen LogP contribution in [0.3, 0.4) is 0 Å². The van der Waals surface area contributed by atoms with E-state index in [1.165, 1.54) is 12.3 Å². The Balaban J connectivity index is 1.83. The zero-order valence-electron chi connectivity index (χ0n) is 12.8. The van der Waals surface area contributed by atoms with E-state index in [2.05, 4.69) is 15.8 Å². The Morgan fingerprint density at radius 1 is 1.22 bits per heavy atom. The van der Waals surface area contributed by atoms with Gasteiger partial charge in [-0.25, -0.2) is 5.43 Å². The summed E-state index contributed by atoms with van der Waals surface area (Å²) in [6, 6.07) is 10.4. The van der Waals surface area contributed by atoms with E-state index in [4.69, 9.17) is 9.15 Å². The molecule has 0 spiro atoms. The van der Waals surface area contributed by atoms with Crippen LogP contribution in [0.4, 0.5) is 0 Å². The summed E-state index contributed by atoms with van der Waals surface area (Å²) in [6.07, 6.45) is 1.39. The van der Waals surface area contributed by atoms with E-state index >= 15 is 0 Å². The van der Waals surface area contributed by atoms with Gasteiger partial charge in [-0.3, -0.25) is 9.59 Å².